The highest BCUT2D eigenvalue weighted by atomic mass is 32.2. The molecule has 1 aliphatic rings. The first kappa shape index (κ1) is 18.2. The molecule has 2 aromatic rings. The van der Waals surface area contributed by atoms with Crippen molar-refractivity contribution in [3.05, 3.63) is 48.0 Å². The second-order valence-corrected chi connectivity index (χ2v) is 8.28. The summed E-state index contributed by atoms with van der Waals surface area (Å²) in [7, 11) is -3.08. The third-order valence-electron chi connectivity index (χ3n) is 4.27. The molecule has 9 heteroatoms. The zero-order valence-electron chi connectivity index (χ0n) is 14.2. The lowest BCUT2D eigenvalue weighted by Crippen LogP contribution is -2.41. The summed E-state index contributed by atoms with van der Waals surface area (Å²) in [5.74, 6) is -0.495. The molecular weight excluding hydrogens is 359 g/mol. The van der Waals surface area contributed by atoms with Gasteiger partial charge in [-0.25, -0.2) is 22.8 Å². The van der Waals surface area contributed by atoms with E-state index in [2.05, 4.69) is 15.3 Å². The van der Waals surface area contributed by atoms with Crippen LogP contribution in [-0.4, -0.2) is 53.3 Å². The molecule has 1 atom stereocenters. The van der Waals surface area contributed by atoms with Gasteiger partial charge in [0.2, 0.25) is 5.95 Å². The summed E-state index contributed by atoms with van der Waals surface area (Å²) < 4.78 is 37.0. The van der Waals surface area contributed by atoms with Crippen LogP contribution < -0.4 is 5.32 Å². The maximum absolute atomic E-state index is 13.6. The van der Waals surface area contributed by atoms with Gasteiger partial charge in [-0.2, -0.15) is 0 Å². The number of nitrogens with zero attached hydrogens (tertiary/aromatic N) is 3. The predicted molar refractivity (Wildman–Crippen MR) is 95.5 cm³/mol. The molecule has 1 aromatic carbocycles. The van der Waals surface area contributed by atoms with Crippen molar-refractivity contribution in [1.29, 1.82) is 0 Å². The summed E-state index contributed by atoms with van der Waals surface area (Å²) in [6.45, 7) is 2.20. The van der Waals surface area contributed by atoms with Crippen molar-refractivity contribution in [2.75, 3.05) is 23.4 Å². The molecule has 7 nitrogen and oxygen atoms in total. The van der Waals surface area contributed by atoms with Crippen molar-refractivity contribution >= 4 is 27.4 Å². The van der Waals surface area contributed by atoms with E-state index >= 15 is 0 Å². The van der Waals surface area contributed by atoms with Crippen molar-refractivity contribution in [1.82, 2.24) is 14.9 Å². The van der Waals surface area contributed by atoms with Crippen LogP contribution in [0.3, 0.4) is 0 Å². The lowest BCUT2D eigenvalue weighted by Gasteiger charge is -2.26. The molecule has 1 N–H and O–H groups in total. The van der Waals surface area contributed by atoms with Gasteiger partial charge in [0.15, 0.2) is 9.84 Å². The number of aromatic nitrogens is 2. The summed E-state index contributed by atoms with van der Waals surface area (Å²) in [5.41, 5.74) is 0.494. The zero-order chi connectivity index (χ0) is 18.7. The van der Waals surface area contributed by atoms with Crippen LogP contribution in [-0.2, 0) is 9.84 Å². The van der Waals surface area contributed by atoms with Crippen molar-refractivity contribution in [2.45, 2.75) is 19.4 Å². The molecule has 26 heavy (non-hydrogen) atoms. The molecule has 1 unspecified atom stereocenters. The Morgan fingerprint density at radius 1 is 1.31 bits per heavy atom. The minimum Gasteiger partial charge on any atom is -0.335 e. The van der Waals surface area contributed by atoms with Gasteiger partial charge in [-0.15, -0.1) is 0 Å². The van der Waals surface area contributed by atoms with Crippen LogP contribution in [0.4, 0.5) is 16.0 Å². The molecule has 0 aliphatic carbocycles. The molecule has 0 spiro atoms. The van der Waals surface area contributed by atoms with Gasteiger partial charge in [0, 0.05) is 25.0 Å². The van der Waals surface area contributed by atoms with Gasteiger partial charge < -0.3 is 10.2 Å². The van der Waals surface area contributed by atoms with Gasteiger partial charge >= 0.3 is 0 Å². The van der Waals surface area contributed by atoms with Crippen LogP contribution in [0.15, 0.2) is 36.7 Å². The van der Waals surface area contributed by atoms with E-state index in [-0.39, 0.29) is 40.7 Å². The number of carbonyl (C=O) groups is 1. The second kappa shape index (κ2) is 7.36. The summed E-state index contributed by atoms with van der Waals surface area (Å²) in [6.07, 6.45) is 3.14. The number of benzene rings is 1. The summed E-state index contributed by atoms with van der Waals surface area (Å²) in [4.78, 5) is 22.3. The Kier molecular flexibility index (Phi) is 5.17. The first-order chi connectivity index (χ1) is 12.4. The average molecular weight is 378 g/mol. The van der Waals surface area contributed by atoms with Gasteiger partial charge in [0.05, 0.1) is 22.8 Å². The lowest BCUT2D eigenvalue weighted by molar-refractivity contribution is 0.0707. The van der Waals surface area contributed by atoms with Gasteiger partial charge in [-0.1, -0.05) is 12.1 Å². The first-order valence-electron chi connectivity index (χ1n) is 8.24. The lowest BCUT2D eigenvalue weighted by atomic mass is 10.2. The minimum atomic E-state index is -3.08. The van der Waals surface area contributed by atoms with Crippen molar-refractivity contribution in [3.8, 4) is 0 Å². The van der Waals surface area contributed by atoms with E-state index in [1.165, 1.54) is 23.4 Å². The number of sulfone groups is 1. The number of rotatable bonds is 5. The predicted octanol–water partition coefficient (Wildman–Crippen LogP) is 2.01. The number of nitrogens with one attached hydrogen (secondary N) is 1. The number of amides is 1. The number of hydrogen-bond donors (Lipinski definition) is 1. The largest absolute Gasteiger partial charge is 0.335 e. The van der Waals surface area contributed by atoms with Crippen molar-refractivity contribution in [2.24, 2.45) is 0 Å². The fourth-order valence-electron chi connectivity index (χ4n) is 2.94. The Morgan fingerprint density at radius 3 is 2.58 bits per heavy atom. The fraction of sp³-hybridized carbons (Fsp3) is 0.353. The highest BCUT2D eigenvalue weighted by Gasteiger charge is 2.34. The third-order valence-corrected chi connectivity index (χ3v) is 6.02. The molecule has 3 rings (SSSR count). The Balaban J connectivity index is 1.73. The van der Waals surface area contributed by atoms with E-state index in [9.17, 15) is 17.6 Å². The van der Waals surface area contributed by atoms with Crippen molar-refractivity contribution in [3.63, 3.8) is 0 Å². The van der Waals surface area contributed by atoms with E-state index in [1.807, 2.05) is 0 Å². The fourth-order valence-corrected chi connectivity index (χ4v) is 4.67. The molecule has 0 bridgehead atoms. The molecule has 1 aliphatic heterocycles. The normalized spacial score (nSPS) is 18.5. The van der Waals surface area contributed by atoms with Gasteiger partial charge in [0.25, 0.3) is 5.91 Å². The van der Waals surface area contributed by atoms with E-state index in [0.717, 1.165) is 0 Å². The maximum Gasteiger partial charge on any atom is 0.257 e. The van der Waals surface area contributed by atoms with E-state index in [4.69, 9.17) is 0 Å². The van der Waals surface area contributed by atoms with Crippen LogP contribution in [0.5, 0.6) is 0 Å². The van der Waals surface area contributed by atoms with Crippen molar-refractivity contribution < 1.29 is 17.6 Å². The van der Waals surface area contributed by atoms with Crippen LogP contribution in [0.2, 0.25) is 0 Å². The third kappa shape index (κ3) is 3.98. The quantitative estimate of drug-likeness (QED) is 0.856. The molecule has 1 fully saturated rings. The monoisotopic (exact) mass is 378 g/mol. The molecule has 0 radical (unpaired) electrons. The summed E-state index contributed by atoms with van der Waals surface area (Å²) >= 11 is 0. The SMILES string of the molecule is CCN(C(=O)c1cnc(Nc2ccccc2F)nc1)C1CCS(=O)(=O)C1. The smallest absolute Gasteiger partial charge is 0.257 e. The standard InChI is InChI=1S/C17H19FN4O3S/c1-2-22(13-7-8-26(24,25)11-13)16(23)12-9-19-17(20-10-12)21-15-6-4-3-5-14(15)18/h3-6,9-10,13H,2,7-8,11H2,1H3,(H,19,20,21). The van der Waals surface area contributed by atoms with Crippen LogP contribution >= 0.6 is 0 Å². The number of anilines is 2. The Bertz CT molecular complexity index is 902. The molecule has 2 heterocycles. The van der Waals surface area contributed by atoms with Crippen LogP contribution in [0.25, 0.3) is 0 Å². The average Bonchev–Trinajstić information content (AvgIpc) is 2.98. The highest BCUT2D eigenvalue weighted by Crippen LogP contribution is 2.20. The maximum atomic E-state index is 13.6. The molecule has 0 saturated carbocycles. The molecule has 138 valence electrons. The number of carbonyl (C=O) groups excluding carboxylic acids is 1. The summed E-state index contributed by atoms with van der Waals surface area (Å²) in [6, 6.07) is 5.80. The second-order valence-electron chi connectivity index (χ2n) is 6.05. The molecule has 1 aromatic heterocycles. The van der Waals surface area contributed by atoms with Gasteiger partial charge in [0.1, 0.15) is 5.82 Å². The number of hydrogen-bond acceptors (Lipinski definition) is 6. The van der Waals surface area contributed by atoms with Gasteiger partial charge in [-0.05, 0) is 25.5 Å². The first-order valence-corrected chi connectivity index (χ1v) is 10.1. The minimum absolute atomic E-state index is 0.0135. The Labute approximate surface area is 151 Å². The summed E-state index contributed by atoms with van der Waals surface area (Å²) in [5, 5.41) is 2.75. The molecule has 1 saturated heterocycles. The molecule has 1 amide bonds. The highest BCUT2D eigenvalue weighted by molar-refractivity contribution is 7.91. The van der Waals surface area contributed by atoms with Gasteiger partial charge in [-0.3, -0.25) is 4.79 Å². The number of halogens is 1. The van der Waals surface area contributed by atoms with E-state index in [0.29, 0.717) is 13.0 Å². The van der Waals surface area contributed by atoms with Crippen LogP contribution in [0.1, 0.15) is 23.7 Å². The number of para-hydroxylation sites is 1. The van der Waals surface area contributed by atoms with E-state index < -0.39 is 15.7 Å². The van der Waals surface area contributed by atoms with Crippen LogP contribution in [0, 0.1) is 5.82 Å². The van der Waals surface area contributed by atoms with E-state index in [1.54, 1.807) is 25.1 Å². The topological polar surface area (TPSA) is 92.3 Å². The zero-order valence-corrected chi connectivity index (χ0v) is 15.0. The Hall–Kier alpha value is -2.55. The molecular formula is C17H19FN4O3S. The Morgan fingerprint density at radius 2 is 2.00 bits per heavy atom.